The summed E-state index contributed by atoms with van der Waals surface area (Å²) in [5, 5.41) is 12.3. The van der Waals surface area contributed by atoms with E-state index in [-0.39, 0.29) is 41.8 Å². The number of carbonyl (C=O) groups excluding carboxylic acids is 3. The van der Waals surface area contributed by atoms with Crippen LogP contribution in [0.4, 0.5) is 0 Å². The molecular weight excluding hydrogens is 370 g/mol. The molecule has 0 saturated carbocycles. The van der Waals surface area contributed by atoms with E-state index in [2.05, 4.69) is 30.2 Å². The highest BCUT2D eigenvalue weighted by Crippen LogP contribution is 2.24. The Morgan fingerprint density at radius 1 is 1.25 bits per heavy atom. The fraction of sp³-hybridized carbons (Fsp3) is 0.529. The average Bonchev–Trinajstić information content (AvgIpc) is 3.05. The molecule has 1 aromatic heterocycles. The van der Waals surface area contributed by atoms with Gasteiger partial charge in [-0.25, -0.2) is 14.8 Å². The molecule has 1 aromatic rings. The molecule has 1 fully saturated rings. The molecule has 1 aliphatic rings. The number of likely N-dealkylation sites (N-methyl/N-ethyl adjacent to an activating group) is 1. The maximum atomic E-state index is 12.2. The number of likely N-dealkylation sites (tertiary alicyclic amines) is 1. The molecule has 0 unspecified atom stereocenters. The first kappa shape index (κ1) is 23.0. The van der Waals surface area contributed by atoms with E-state index in [1.807, 2.05) is 7.05 Å². The van der Waals surface area contributed by atoms with Crippen molar-refractivity contribution < 1.29 is 29.0 Å². The van der Waals surface area contributed by atoms with Crippen molar-refractivity contribution in [3.05, 3.63) is 23.8 Å². The molecule has 0 aromatic carbocycles. The smallest absolute Gasteiger partial charge is 0.358 e. The van der Waals surface area contributed by atoms with Gasteiger partial charge in [-0.05, 0) is 19.9 Å². The van der Waals surface area contributed by atoms with E-state index in [9.17, 15) is 14.4 Å². The third-order valence-corrected chi connectivity index (χ3v) is 4.46. The number of aromatic nitrogens is 2. The normalized spacial score (nSPS) is 18.4. The number of rotatable bonds is 6. The maximum Gasteiger partial charge on any atom is 0.358 e. The number of hydrogen-bond acceptors (Lipinski definition) is 8. The summed E-state index contributed by atoms with van der Waals surface area (Å²) in [6, 6.07) is 0.349. The lowest BCUT2D eigenvalue weighted by Gasteiger charge is -2.25. The third-order valence-electron chi connectivity index (χ3n) is 4.46. The summed E-state index contributed by atoms with van der Waals surface area (Å²) >= 11 is 0. The topological polar surface area (TPSA) is 151 Å². The van der Waals surface area contributed by atoms with Crippen molar-refractivity contribution >= 4 is 24.3 Å². The number of nitrogens with zero attached hydrogens (tertiary/aromatic N) is 3. The van der Waals surface area contributed by atoms with E-state index < -0.39 is 5.97 Å². The van der Waals surface area contributed by atoms with Crippen LogP contribution in [0, 0.1) is 0 Å². The minimum atomic E-state index is -0.603. The lowest BCUT2D eigenvalue weighted by atomic mass is 10.1. The minimum absolute atomic E-state index is 0.0162. The molecule has 2 rings (SSSR count). The van der Waals surface area contributed by atoms with Crippen LogP contribution in [-0.2, 0) is 14.3 Å². The molecule has 0 bridgehead atoms. The second-order valence-electron chi connectivity index (χ2n) is 6.02. The van der Waals surface area contributed by atoms with Crippen LogP contribution >= 0.6 is 0 Å². The molecule has 0 radical (unpaired) electrons. The van der Waals surface area contributed by atoms with Gasteiger partial charge in [-0.2, -0.15) is 0 Å². The van der Waals surface area contributed by atoms with Crippen molar-refractivity contribution in [3.63, 3.8) is 0 Å². The zero-order valence-corrected chi connectivity index (χ0v) is 16.0. The predicted octanol–water partition coefficient (Wildman–Crippen LogP) is -0.707. The van der Waals surface area contributed by atoms with Crippen LogP contribution in [0.5, 0.6) is 0 Å². The molecule has 28 heavy (non-hydrogen) atoms. The molecule has 3 N–H and O–H groups in total. The van der Waals surface area contributed by atoms with Crippen LogP contribution in [0.3, 0.4) is 0 Å². The Balaban J connectivity index is 0.00000122. The van der Waals surface area contributed by atoms with Crippen molar-refractivity contribution in [3.8, 4) is 0 Å². The van der Waals surface area contributed by atoms with Crippen molar-refractivity contribution in [2.45, 2.75) is 31.3 Å². The first-order valence-electron chi connectivity index (χ1n) is 8.56. The molecule has 2 atom stereocenters. The maximum absolute atomic E-state index is 12.2. The van der Waals surface area contributed by atoms with Gasteiger partial charge in [0.15, 0.2) is 5.69 Å². The lowest BCUT2D eigenvalue weighted by Crippen LogP contribution is -2.42. The fourth-order valence-corrected chi connectivity index (χ4v) is 2.85. The Morgan fingerprint density at radius 2 is 1.82 bits per heavy atom. The third kappa shape index (κ3) is 6.58. The van der Waals surface area contributed by atoms with Gasteiger partial charge >= 0.3 is 5.97 Å². The SMILES string of the molecule is CNC(=O)C[C@H]1CC[C@@H](CNC(=O)c2cnc(C(=O)OC)cn2)N1C.O=CO. The summed E-state index contributed by atoms with van der Waals surface area (Å²) in [5.74, 6) is -0.941. The number of amides is 2. The number of nitrogens with one attached hydrogen (secondary N) is 2. The van der Waals surface area contributed by atoms with Crippen LogP contribution < -0.4 is 10.6 Å². The quantitative estimate of drug-likeness (QED) is 0.419. The molecule has 1 saturated heterocycles. The van der Waals surface area contributed by atoms with Gasteiger partial charge in [0.1, 0.15) is 5.69 Å². The molecular formula is C17H25N5O6. The Hall–Kier alpha value is -3.08. The monoisotopic (exact) mass is 395 g/mol. The predicted molar refractivity (Wildman–Crippen MR) is 97.7 cm³/mol. The van der Waals surface area contributed by atoms with E-state index in [1.54, 1.807) is 7.05 Å². The molecule has 0 aliphatic carbocycles. The van der Waals surface area contributed by atoms with Gasteiger partial charge in [-0.15, -0.1) is 0 Å². The number of carbonyl (C=O) groups is 4. The van der Waals surface area contributed by atoms with Gasteiger partial charge in [-0.3, -0.25) is 19.3 Å². The Labute approximate surface area is 162 Å². The second-order valence-corrected chi connectivity index (χ2v) is 6.02. The minimum Gasteiger partial charge on any atom is -0.483 e. The summed E-state index contributed by atoms with van der Waals surface area (Å²) in [6.45, 7) is 0.208. The van der Waals surface area contributed by atoms with Gasteiger partial charge in [-0.1, -0.05) is 0 Å². The number of carboxylic acid groups (broad SMARTS) is 1. The van der Waals surface area contributed by atoms with Crippen molar-refractivity contribution in [1.82, 2.24) is 25.5 Å². The highest BCUT2D eigenvalue weighted by atomic mass is 16.5. The van der Waals surface area contributed by atoms with Gasteiger partial charge < -0.3 is 20.5 Å². The molecule has 1 aliphatic heterocycles. The lowest BCUT2D eigenvalue weighted by molar-refractivity contribution is -0.123. The molecule has 154 valence electrons. The van der Waals surface area contributed by atoms with Crippen LogP contribution in [0.15, 0.2) is 12.4 Å². The fourth-order valence-electron chi connectivity index (χ4n) is 2.85. The van der Waals surface area contributed by atoms with Crippen molar-refractivity contribution in [2.75, 3.05) is 27.7 Å². The number of ether oxygens (including phenoxy) is 1. The van der Waals surface area contributed by atoms with E-state index in [4.69, 9.17) is 9.90 Å². The molecule has 2 amide bonds. The average molecular weight is 395 g/mol. The van der Waals surface area contributed by atoms with Crippen molar-refractivity contribution in [2.24, 2.45) is 0 Å². The number of esters is 1. The van der Waals surface area contributed by atoms with E-state index >= 15 is 0 Å². The van der Waals surface area contributed by atoms with E-state index in [0.29, 0.717) is 13.0 Å². The molecule has 0 spiro atoms. The van der Waals surface area contributed by atoms with Gasteiger partial charge in [0.05, 0.1) is 19.5 Å². The first-order valence-corrected chi connectivity index (χ1v) is 8.56. The Kier molecular flexibility index (Phi) is 9.51. The highest BCUT2D eigenvalue weighted by molar-refractivity contribution is 5.92. The molecule has 11 nitrogen and oxygen atoms in total. The van der Waals surface area contributed by atoms with E-state index in [1.165, 1.54) is 19.5 Å². The van der Waals surface area contributed by atoms with Crippen molar-refractivity contribution in [1.29, 1.82) is 0 Å². The largest absolute Gasteiger partial charge is 0.483 e. The second kappa shape index (κ2) is 11.6. The van der Waals surface area contributed by atoms with E-state index in [0.717, 1.165) is 12.8 Å². The van der Waals surface area contributed by atoms with Crippen LogP contribution in [0.25, 0.3) is 0 Å². The Bertz CT molecular complexity index is 681. The highest BCUT2D eigenvalue weighted by Gasteiger charge is 2.31. The number of methoxy groups -OCH3 is 1. The summed E-state index contributed by atoms with van der Waals surface area (Å²) < 4.78 is 4.53. The zero-order chi connectivity index (χ0) is 21.1. The van der Waals surface area contributed by atoms with Gasteiger partial charge in [0.25, 0.3) is 12.4 Å². The van der Waals surface area contributed by atoms with Crippen LogP contribution in [0.2, 0.25) is 0 Å². The summed E-state index contributed by atoms with van der Waals surface area (Å²) in [4.78, 5) is 53.3. The van der Waals surface area contributed by atoms with Gasteiger partial charge in [0.2, 0.25) is 5.91 Å². The summed E-state index contributed by atoms with van der Waals surface area (Å²) in [5.41, 5.74) is 0.182. The first-order chi connectivity index (χ1) is 13.4. The zero-order valence-electron chi connectivity index (χ0n) is 16.0. The Morgan fingerprint density at radius 3 is 2.36 bits per heavy atom. The summed E-state index contributed by atoms with van der Waals surface area (Å²) in [7, 11) is 4.84. The van der Waals surface area contributed by atoms with Gasteiger partial charge in [0, 0.05) is 32.1 Å². The molecule has 11 heteroatoms. The standard InChI is InChI=1S/C16H23N5O4.CH2O2/c1-17-14(22)6-10-4-5-11(21(10)2)7-20-15(23)12-8-19-13(9-18-12)16(24)25-3;2-1-3/h8-11H,4-7H2,1-3H3,(H,17,22)(H,20,23);1H,(H,2,3)/t10-,11+;/m1./s1. The van der Waals surface area contributed by atoms with Crippen LogP contribution in [-0.4, -0.2) is 84.1 Å². The summed E-state index contributed by atoms with van der Waals surface area (Å²) in [6.07, 6.45) is 4.73. The molecule has 2 heterocycles. The number of hydrogen-bond donors (Lipinski definition) is 3. The van der Waals surface area contributed by atoms with Crippen LogP contribution in [0.1, 0.15) is 40.2 Å².